The van der Waals surface area contributed by atoms with E-state index in [1.807, 2.05) is 36.4 Å². The van der Waals surface area contributed by atoms with Crippen molar-refractivity contribution in [3.05, 3.63) is 42.6 Å². The molecule has 4 rings (SSSR count). The number of nitrogens with zero attached hydrogens (tertiary/aromatic N) is 1. The Labute approximate surface area is 138 Å². The summed E-state index contributed by atoms with van der Waals surface area (Å²) >= 11 is 0. The Kier molecular flexibility index (Phi) is 3.49. The molecule has 1 aliphatic heterocycles. The zero-order valence-corrected chi connectivity index (χ0v) is 13.3. The molecule has 0 spiro atoms. The molecule has 0 saturated heterocycles. The number of ether oxygens (including phenoxy) is 4. The van der Waals surface area contributed by atoms with Gasteiger partial charge in [-0.1, -0.05) is 0 Å². The molecule has 6 heteroatoms. The molecule has 0 saturated carbocycles. The van der Waals surface area contributed by atoms with Gasteiger partial charge in [-0.3, -0.25) is 0 Å². The summed E-state index contributed by atoms with van der Waals surface area (Å²) in [5.41, 5.74) is 0.869. The largest absolute Gasteiger partial charge is 0.493 e. The first-order chi connectivity index (χ1) is 11.8. The molecule has 6 nitrogen and oxygen atoms in total. The van der Waals surface area contributed by atoms with Crippen LogP contribution in [-0.4, -0.2) is 26.0 Å². The fourth-order valence-electron chi connectivity index (χ4n) is 2.79. The van der Waals surface area contributed by atoms with Gasteiger partial charge in [0.05, 0.1) is 14.2 Å². The third-order valence-electron chi connectivity index (χ3n) is 3.92. The zero-order chi connectivity index (χ0) is 16.5. The lowest BCUT2D eigenvalue weighted by Gasteiger charge is -2.13. The normalized spacial score (nSPS) is 12.2. The van der Waals surface area contributed by atoms with E-state index in [1.165, 1.54) is 0 Å². The van der Waals surface area contributed by atoms with E-state index in [9.17, 15) is 0 Å². The number of hydrogen-bond donors (Lipinski definition) is 1. The van der Waals surface area contributed by atoms with Crippen molar-refractivity contribution < 1.29 is 18.9 Å². The maximum atomic E-state index is 5.50. The van der Waals surface area contributed by atoms with Crippen molar-refractivity contribution >= 4 is 22.3 Å². The molecule has 0 atom stereocenters. The summed E-state index contributed by atoms with van der Waals surface area (Å²) in [5, 5.41) is 5.19. The average Bonchev–Trinajstić information content (AvgIpc) is 3.08. The molecule has 0 amide bonds. The van der Waals surface area contributed by atoms with E-state index in [4.69, 9.17) is 18.9 Å². The number of rotatable bonds is 4. The van der Waals surface area contributed by atoms with Gasteiger partial charge in [-0.15, -0.1) is 0 Å². The molecule has 0 radical (unpaired) electrons. The van der Waals surface area contributed by atoms with Crippen molar-refractivity contribution in [2.24, 2.45) is 0 Å². The lowest BCUT2D eigenvalue weighted by molar-refractivity contribution is 0.174. The van der Waals surface area contributed by atoms with Gasteiger partial charge in [0.1, 0.15) is 5.82 Å². The van der Waals surface area contributed by atoms with E-state index in [0.717, 1.165) is 33.8 Å². The van der Waals surface area contributed by atoms with Crippen LogP contribution in [0.25, 0.3) is 10.8 Å². The third kappa shape index (κ3) is 2.32. The smallest absolute Gasteiger partial charge is 0.231 e. The molecule has 122 valence electrons. The van der Waals surface area contributed by atoms with E-state index < -0.39 is 0 Å². The number of anilines is 2. The molecular weight excluding hydrogens is 308 g/mol. The number of fused-ring (bicyclic) bond motifs is 2. The summed E-state index contributed by atoms with van der Waals surface area (Å²) in [6, 6.07) is 11.4. The molecule has 0 fully saturated rings. The SMILES string of the molecule is COc1ccc2c(Nc3ccc4c(c3)OCO4)nccc2c1OC. The molecule has 1 aliphatic rings. The van der Waals surface area contributed by atoms with Crippen LogP contribution in [0, 0.1) is 0 Å². The third-order valence-corrected chi connectivity index (χ3v) is 3.92. The van der Waals surface area contributed by atoms with Crippen molar-refractivity contribution in [3.63, 3.8) is 0 Å². The van der Waals surface area contributed by atoms with Crippen LogP contribution in [-0.2, 0) is 0 Å². The molecule has 3 aromatic rings. The van der Waals surface area contributed by atoms with E-state index in [-0.39, 0.29) is 6.79 Å². The second kappa shape index (κ2) is 5.81. The van der Waals surface area contributed by atoms with Gasteiger partial charge in [-0.2, -0.15) is 0 Å². The maximum absolute atomic E-state index is 5.50. The van der Waals surface area contributed by atoms with Gasteiger partial charge in [0.15, 0.2) is 23.0 Å². The van der Waals surface area contributed by atoms with Crippen molar-refractivity contribution in [1.82, 2.24) is 4.98 Å². The Bertz CT molecular complexity index is 911. The molecule has 2 heterocycles. The fourth-order valence-corrected chi connectivity index (χ4v) is 2.79. The summed E-state index contributed by atoms with van der Waals surface area (Å²) in [5.74, 6) is 3.57. The first-order valence-corrected chi connectivity index (χ1v) is 7.46. The van der Waals surface area contributed by atoms with Crippen LogP contribution in [0.4, 0.5) is 11.5 Å². The highest BCUT2D eigenvalue weighted by atomic mass is 16.7. The van der Waals surface area contributed by atoms with Gasteiger partial charge < -0.3 is 24.3 Å². The Morgan fingerprint density at radius 1 is 0.958 bits per heavy atom. The fraction of sp³-hybridized carbons (Fsp3) is 0.167. The molecule has 1 aromatic heterocycles. The highest BCUT2D eigenvalue weighted by Gasteiger charge is 2.15. The number of benzene rings is 2. The van der Waals surface area contributed by atoms with Crippen molar-refractivity contribution in [2.75, 3.05) is 26.3 Å². The summed E-state index contributed by atoms with van der Waals surface area (Å²) < 4.78 is 21.6. The molecule has 0 unspecified atom stereocenters. The zero-order valence-electron chi connectivity index (χ0n) is 13.3. The lowest BCUT2D eigenvalue weighted by atomic mass is 10.1. The summed E-state index contributed by atoms with van der Waals surface area (Å²) in [7, 11) is 3.25. The first kappa shape index (κ1) is 14.4. The van der Waals surface area contributed by atoms with Gasteiger partial charge in [0.2, 0.25) is 6.79 Å². The Morgan fingerprint density at radius 2 is 1.83 bits per heavy atom. The second-order valence-corrected chi connectivity index (χ2v) is 5.25. The molecule has 0 bridgehead atoms. The summed E-state index contributed by atoms with van der Waals surface area (Å²) in [4.78, 5) is 4.45. The number of aromatic nitrogens is 1. The predicted octanol–water partition coefficient (Wildman–Crippen LogP) is 3.72. The minimum absolute atomic E-state index is 0.252. The topological polar surface area (TPSA) is 61.8 Å². The van der Waals surface area contributed by atoms with Gasteiger partial charge in [0.25, 0.3) is 0 Å². The Morgan fingerprint density at radius 3 is 2.67 bits per heavy atom. The molecule has 2 aromatic carbocycles. The van der Waals surface area contributed by atoms with Crippen LogP contribution in [0.1, 0.15) is 0 Å². The van der Waals surface area contributed by atoms with Crippen LogP contribution >= 0.6 is 0 Å². The van der Waals surface area contributed by atoms with Crippen LogP contribution in [0.2, 0.25) is 0 Å². The van der Waals surface area contributed by atoms with Gasteiger partial charge in [-0.05, 0) is 30.3 Å². The van der Waals surface area contributed by atoms with Crippen LogP contribution in [0.3, 0.4) is 0 Å². The van der Waals surface area contributed by atoms with E-state index in [0.29, 0.717) is 11.5 Å². The van der Waals surface area contributed by atoms with Gasteiger partial charge >= 0.3 is 0 Å². The molecule has 24 heavy (non-hydrogen) atoms. The van der Waals surface area contributed by atoms with Crippen LogP contribution in [0.15, 0.2) is 42.6 Å². The Hall–Kier alpha value is -3.15. The van der Waals surface area contributed by atoms with E-state index >= 15 is 0 Å². The predicted molar refractivity (Wildman–Crippen MR) is 90.7 cm³/mol. The minimum Gasteiger partial charge on any atom is -0.493 e. The summed E-state index contributed by atoms with van der Waals surface area (Å²) in [6.45, 7) is 0.252. The number of nitrogens with one attached hydrogen (secondary N) is 1. The molecule has 0 aliphatic carbocycles. The second-order valence-electron chi connectivity index (χ2n) is 5.25. The monoisotopic (exact) mass is 324 g/mol. The summed E-state index contributed by atoms with van der Waals surface area (Å²) in [6.07, 6.45) is 1.74. The number of methoxy groups -OCH3 is 2. The van der Waals surface area contributed by atoms with Crippen LogP contribution in [0.5, 0.6) is 23.0 Å². The lowest BCUT2D eigenvalue weighted by Crippen LogP contribution is -1.97. The molecule has 1 N–H and O–H groups in total. The first-order valence-electron chi connectivity index (χ1n) is 7.46. The highest BCUT2D eigenvalue weighted by Crippen LogP contribution is 2.39. The van der Waals surface area contributed by atoms with Gasteiger partial charge in [-0.25, -0.2) is 4.98 Å². The Balaban J connectivity index is 1.77. The van der Waals surface area contributed by atoms with E-state index in [1.54, 1.807) is 20.4 Å². The van der Waals surface area contributed by atoms with Gasteiger partial charge in [0, 0.05) is 28.7 Å². The van der Waals surface area contributed by atoms with Crippen molar-refractivity contribution in [2.45, 2.75) is 0 Å². The standard InChI is InChI=1S/C18H16N2O4/c1-21-15-6-4-13-12(17(15)22-2)7-8-19-18(13)20-11-3-5-14-16(9-11)24-10-23-14/h3-9H,10H2,1-2H3,(H,19,20). The van der Waals surface area contributed by atoms with Crippen molar-refractivity contribution in [3.8, 4) is 23.0 Å². The average molecular weight is 324 g/mol. The molecular formula is C18H16N2O4. The minimum atomic E-state index is 0.252. The van der Waals surface area contributed by atoms with Crippen molar-refractivity contribution in [1.29, 1.82) is 0 Å². The number of pyridine rings is 1. The highest BCUT2D eigenvalue weighted by molar-refractivity contribution is 5.98. The quantitative estimate of drug-likeness (QED) is 0.789. The maximum Gasteiger partial charge on any atom is 0.231 e. The van der Waals surface area contributed by atoms with Crippen LogP contribution < -0.4 is 24.3 Å². The van der Waals surface area contributed by atoms with E-state index in [2.05, 4.69) is 10.3 Å². The number of hydrogen-bond acceptors (Lipinski definition) is 6.